The van der Waals surface area contributed by atoms with Crippen LogP contribution in [-0.4, -0.2) is 83.8 Å². The largest absolute Gasteiger partial charge is 0.493 e. The number of ether oxygens (including phenoxy) is 6. The van der Waals surface area contributed by atoms with E-state index in [0.717, 1.165) is 29.6 Å². The van der Waals surface area contributed by atoms with E-state index in [1.807, 2.05) is 18.2 Å². The van der Waals surface area contributed by atoms with Gasteiger partial charge in [0.15, 0.2) is 23.0 Å². The Labute approximate surface area is 254 Å². The van der Waals surface area contributed by atoms with E-state index in [-0.39, 0.29) is 24.9 Å². The summed E-state index contributed by atoms with van der Waals surface area (Å²) in [5.74, 6) is 2.10. The minimum Gasteiger partial charge on any atom is -0.493 e. The van der Waals surface area contributed by atoms with Crippen LogP contribution in [0.1, 0.15) is 54.8 Å². The van der Waals surface area contributed by atoms with Crippen molar-refractivity contribution in [3.8, 4) is 28.7 Å². The number of carbonyl (C=O) groups excluding carboxylic acids is 1. The number of fused-ring (bicyclic) bond motifs is 1. The van der Waals surface area contributed by atoms with Gasteiger partial charge >= 0.3 is 11.9 Å². The van der Waals surface area contributed by atoms with Crippen LogP contribution >= 0.6 is 0 Å². The van der Waals surface area contributed by atoms with Gasteiger partial charge in [-0.25, -0.2) is 0 Å². The summed E-state index contributed by atoms with van der Waals surface area (Å²) in [4.78, 5) is 22.9. The number of quaternary nitrogens is 1. The Balaban J connectivity index is 1.78. The SMILES string of the molecule is COc1cc2c(cc1OC)[C@@H](Cc1cc(OC)c(OC)c(OC)c1)[N@+](C)(CCCOC(=O)CC/C=C/CCC(=O)O)CC2. The van der Waals surface area contributed by atoms with Crippen molar-refractivity contribution in [1.82, 2.24) is 0 Å². The standard InChI is InChI=1S/C33H45NO9/c1-34(15-11-17-43-32(37)13-10-8-7-9-12-31(35)36)16-14-24-21-27(38-2)28(39-3)22-25(24)26(34)18-23-19-29(40-4)33(42-6)30(20-23)41-5/h7-8,19-22,26H,9-18H2,1-6H3/p+1/b8-7+/t26-,34-/m1/s1. The van der Waals surface area contributed by atoms with Gasteiger partial charge < -0.3 is 38.0 Å². The molecule has 43 heavy (non-hydrogen) atoms. The molecule has 10 heteroatoms. The molecule has 1 aliphatic heterocycles. The van der Waals surface area contributed by atoms with Crippen molar-refractivity contribution in [2.45, 2.75) is 51.0 Å². The Bertz CT molecular complexity index is 1250. The van der Waals surface area contributed by atoms with Gasteiger partial charge in [-0.15, -0.1) is 0 Å². The molecule has 0 aromatic heterocycles. The van der Waals surface area contributed by atoms with E-state index < -0.39 is 5.97 Å². The van der Waals surface area contributed by atoms with Gasteiger partial charge in [0.2, 0.25) is 5.75 Å². The topological polar surface area (TPSA) is 110 Å². The average Bonchev–Trinajstić information content (AvgIpc) is 3.01. The normalized spacial score (nSPS) is 17.7. The lowest BCUT2D eigenvalue weighted by molar-refractivity contribution is -0.941. The Morgan fingerprint density at radius 3 is 2.05 bits per heavy atom. The zero-order valence-corrected chi connectivity index (χ0v) is 26.3. The number of aliphatic carboxylic acids is 1. The highest BCUT2D eigenvalue weighted by Crippen LogP contribution is 2.44. The van der Waals surface area contributed by atoms with Crippen molar-refractivity contribution in [1.29, 1.82) is 0 Å². The highest BCUT2D eigenvalue weighted by Gasteiger charge is 2.40. The molecule has 0 fully saturated rings. The smallest absolute Gasteiger partial charge is 0.306 e. The summed E-state index contributed by atoms with van der Waals surface area (Å²) in [6, 6.07) is 8.25. The highest BCUT2D eigenvalue weighted by atomic mass is 16.5. The van der Waals surface area contributed by atoms with Crippen molar-refractivity contribution >= 4 is 11.9 Å². The summed E-state index contributed by atoms with van der Waals surface area (Å²) < 4.78 is 34.4. The maximum Gasteiger partial charge on any atom is 0.306 e. The molecular weight excluding hydrogens is 554 g/mol. The van der Waals surface area contributed by atoms with Crippen molar-refractivity contribution in [3.05, 3.63) is 53.1 Å². The van der Waals surface area contributed by atoms with Crippen LogP contribution in [-0.2, 0) is 27.2 Å². The lowest BCUT2D eigenvalue weighted by Crippen LogP contribution is -2.52. The van der Waals surface area contributed by atoms with E-state index >= 15 is 0 Å². The number of likely N-dealkylation sites (N-methyl/N-ethyl adjacent to an activating group) is 1. The Hall–Kier alpha value is -3.92. The first-order valence-electron chi connectivity index (χ1n) is 14.6. The van der Waals surface area contributed by atoms with Gasteiger partial charge in [-0.1, -0.05) is 12.2 Å². The maximum absolute atomic E-state index is 12.3. The predicted octanol–water partition coefficient (Wildman–Crippen LogP) is 5.15. The fraction of sp³-hybridized carbons (Fsp3) is 0.515. The van der Waals surface area contributed by atoms with E-state index in [9.17, 15) is 9.59 Å². The Kier molecular flexibility index (Phi) is 12.5. The van der Waals surface area contributed by atoms with E-state index in [1.165, 1.54) is 11.1 Å². The number of nitrogens with zero attached hydrogens (tertiary/aromatic N) is 1. The van der Waals surface area contributed by atoms with Gasteiger partial charge in [0.25, 0.3) is 0 Å². The molecule has 0 bridgehead atoms. The monoisotopic (exact) mass is 600 g/mol. The lowest BCUT2D eigenvalue weighted by atomic mass is 9.86. The molecule has 2 aromatic rings. The molecule has 3 rings (SSSR count). The minimum atomic E-state index is -0.831. The summed E-state index contributed by atoms with van der Waals surface area (Å²) in [7, 11) is 10.4. The van der Waals surface area contributed by atoms with Crippen molar-refractivity contribution in [2.75, 3.05) is 62.3 Å². The van der Waals surface area contributed by atoms with Gasteiger partial charge in [0.05, 0.1) is 62.3 Å². The summed E-state index contributed by atoms with van der Waals surface area (Å²) >= 11 is 0. The van der Waals surface area contributed by atoms with Crippen molar-refractivity contribution in [2.24, 2.45) is 0 Å². The Morgan fingerprint density at radius 1 is 0.860 bits per heavy atom. The van der Waals surface area contributed by atoms with E-state index in [1.54, 1.807) is 41.6 Å². The summed E-state index contributed by atoms with van der Waals surface area (Å²) in [6.45, 7) is 2.06. The van der Waals surface area contributed by atoms with Gasteiger partial charge in [0, 0.05) is 37.7 Å². The number of hydrogen-bond acceptors (Lipinski definition) is 8. The maximum atomic E-state index is 12.3. The molecule has 0 spiro atoms. The molecule has 1 aliphatic rings. The van der Waals surface area contributed by atoms with E-state index in [4.69, 9.17) is 33.5 Å². The molecule has 0 aliphatic carbocycles. The number of carboxylic acid groups (broad SMARTS) is 1. The van der Waals surface area contributed by atoms with Crippen LogP contribution in [0.4, 0.5) is 0 Å². The molecule has 236 valence electrons. The second kappa shape index (κ2) is 16.1. The molecule has 0 saturated heterocycles. The molecule has 1 N–H and O–H groups in total. The summed E-state index contributed by atoms with van der Waals surface area (Å²) in [5.41, 5.74) is 3.48. The first kappa shape index (κ1) is 33.6. The fourth-order valence-electron chi connectivity index (χ4n) is 5.73. The first-order valence-corrected chi connectivity index (χ1v) is 14.6. The molecule has 0 unspecified atom stereocenters. The second-order valence-electron chi connectivity index (χ2n) is 10.9. The number of methoxy groups -OCH3 is 5. The third-order valence-electron chi connectivity index (χ3n) is 8.09. The van der Waals surface area contributed by atoms with Crippen LogP contribution in [0.5, 0.6) is 28.7 Å². The van der Waals surface area contributed by atoms with Gasteiger partial charge in [-0.3, -0.25) is 9.59 Å². The van der Waals surface area contributed by atoms with Crippen LogP contribution in [0.2, 0.25) is 0 Å². The zero-order valence-electron chi connectivity index (χ0n) is 26.3. The molecule has 0 saturated carbocycles. The number of benzene rings is 2. The third kappa shape index (κ3) is 8.79. The molecular formula is C33H46NO9+. The van der Waals surface area contributed by atoms with Crippen LogP contribution in [0.25, 0.3) is 0 Å². The lowest BCUT2D eigenvalue weighted by Gasteiger charge is -2.46. The molecule has 10 nitrogen and oxygen atoms in total. The van der Waals surface area contributed by atoms with Gasteiger partial charge in [0.1, 0.15) is 6.04 Å². The van der Waals surface area contributed by atoms with Crippen molar-refractivity contribution < 1.29 is 47.6 Å². The van der Waals surface area contributed by atoms with E-state index in [0.29, 0.717) is 61.0 Å². The number of carbonyl (C=O) groups is 2. The third-order valence-corrected chi connectivity index (χ3v) is 8.09. The number of esters is 1. The number of rotatable bonds is 17. The summed E-state index contributed by atoms with van der Waals surface area (Å²) in [5, 5.41) is 8.70. The van der Waals surface area contributed by atoms with Gasteiger partial charge in [-0.05, 0) is 48.2 Å². The fourth-order valence-corrected chi connectivity index (χ4v) is 5.73. The molecule has 1 heterocycles. The molecule has 2 atom stereocenters. The molecule has 0 radical (unpaired) electrons. The second-order valence-corrected chi connectivity index (χ2v) is 10.9. The van der Waals surface area contributed by atoms with Crippen LogP contribution in [0, 0.1) is 0 Å². The minimum absolute atomic E-state index is 0.0815. The Morgan fingerprint density at radius 2 is 1.47 bits per heavy atom. The van der Waals surface area contributed by atoms with Crippen LogP contribution < -0.4 is 23.7 Å². The average molecular weight is 601 g/mol. The van der Waals surface area contributed by atoms with Gasteiger partial charge in [-0.2, -0.15) is 0 Å². The summed E-state index contributed by atoms with van der Waals surface area (Å²) in [6.07, 6.45) is 7.28. The quantitative estimate of drug-likeness (QED) is 0.114. The predicted molar refractivity (Wildman–Crippen MR) is 163 cm³/mol. The number of carboxylic acids is 1. The number of hydrogen-bond donors (Lipinski definition) is 1. The molecule has 0 amide bonds. The van der Waals surface area contributed by atoms with Crippen LogP contribution in [0.15, 0.2) is 36.4 Å². The highest BCUT2D eigenvalue weighted by molar-refractivity contribution is 5.69. The zero-order chi connectivity index (χ0) is 31.4. The van der Waals surface area contributed by atoms with E-state index in [2.05, 4.69) is 19.2 Å². The number of allylic oxidation sites excluding steroid dienone is 2. The van der Waals surface area contributed by atoms with Crippen LogP contribution in [0.3, 0.4) is 0 Å². The van der Waals surface area contributed by atoms with Crippen molar-refractivity contribution in [3.63, 3.8) is 0 Å². The first-order chi connectivity index (χ1) is 20.7. The molecule has 2 aromatic carbocycles.